The molecule has 0 saturated heterocycles. The van der Waals surface area contributed by atoms with Crippen LogP contribution in [0, 0.1) is 0 Å². The van der Waals surface area contributed by atoms with Crippen LogP contribution < -0.4 is 0 Å². The van der Waals surface area contributed by atoms with Gasteiger partial charge in [0.05, 0.1) is 23.7 Å². The van der Waals surface area contributed by atoms with Crippen LogP contribution in [-0.4, -0.2) is 9.32 Å². The van der Waals surface area contributed by atoms with E-state index < -0.39 is 0 Å². The van der Waals surface area contributed by atoms with E-state index in [0.717, 1.165) is 0 Å². The van der Waals surface area contributed by atoms with Crippen LogP contribution in [0.3, 0.4) is 0 Å². The van der Waals surface area contributed by atoms with Crippen molar-refractivity contribution in [2.24, 2.45) is 0 Å². The van der Waals surface area contributed by atoms with Gasteiger partial charge >= 0.3 is 0 Å². The summed E-state index contributed by atoms with van der Waals surface area (Å²) in [7, 11) is 0. The van der Waals surface area contributed by atoms with Gasteiger partial charge in [0.2, 0.25) is 0 Å². The fourth-order valence-electron chi connectivity index (χ4n) is 0. The molecule has 0 rings (SSSR count). The van der Waals surface area contributed by atoms with Gasteiger partial charge in [0.1, 0.15) is 0 Å². The third-order valence-electron chi connectivity index (χ3n) is 0. The van der Waals surface area contributed by atoms with Crippen LogP contribution in [-0.2, 0) is 39.0 Å². The number of rotatable bonds is 0. The summed E-state index contributed by atoms with van der Waals surface area (Å²) in [4.78, 5) is 0. The van der Waals surface area contributed by atoms with Crippen molar-refractivity contribution in [1.82, 2.24) is 0 Å². The second kappa shape index (κ2) is 73.0. The summed E-state index contributed by atoms with van der Waals surface area (Å²) >= 11 is 7.28. The van der Waals surface area contributed by atoms with Gasteiger partial charge in [-0.1, -0.05) is 0 Å². The van der Waals surface area contributed by atoms with Gasteiger partial charge in [-0.05, 0) is 0 Å². The van der Waals surface area contributed by atoms with E-state index in [1.165, 1.54) is 0 Å². The van der Waals surface area contributed by atoms with Crippen molar-refractivity contribution in [3.63, 3.8) is 0 Å². The molecule has 0 amide bonds. The first kappa shape index (κ1) is 25.1. The third-order valence-corrected chi connectivity index (χ3v) is 0. The molecule has 0 radical (unpaired) electrons. The summed E-state index contributed by atoms with van der Waals surface area (Å²) < 4.78 is 12.9. The molecule has 0 heterocycles. The van der Waals surface area contributed by atoms with Crippen molar-refractivity contribution in [2.75, 3.05) is 0 Å². The van der Waals surface area contributed by atoms with E-state index in [-0.39, 0.29) is 39.0 Å². The molecule has 2 nitrogen and oxygen atoms in total. The molecular weight excluding hydrogens is 234 g/mol. The molecule has 0 aromatic rings. The maximum absolute atomic E-state index is 6.47. The molecule has 0 unspecified atom stereocenters. The minimum Gasteiger partial charge on any atom is -0.295 e. The molecule has 2 N–H and O–H groups in total. The fraction of sp³-hybridized carbons (Fsp3) is 0. The zero-order valence-electron chi connectivity index (χ0n) is 3.06. The molecule has 0 spiro atoms. The first-order chi connectivity index (χ1) is 2.00. The predicted molar refractivity (Wildman–Crippen MR) is 16.1 cm³/mol. The number of hydrogen-bond donors (Lipinski definition) is 2. The molecule has 0 bridgehead atoms. The van der Waals surface area contributed by atoms with Crippen LogP contribution in [0.1, 0.15) is 0 Å². The Morgan fingerprint density at radius 2 is 0.667 bits per heavy atom. The van der Waals surface area contributed by atoms with Crippen LogP contribution in [0.2, 0.25) is 0 Å². The second-order valence-electron chi connectivity index (χ2n) is 0. The Hall–Kier alpha value is 1.75. The third kappa shape index (κ3) is 42.4. The Bertz CT molecular complexity index is 9.51. The molecule has 32 valence electrons. The second-order valence-corrected chi connectivity index (χ2v) is 0. The van der Waals surface area contributed by atoms with Gasteiger partial charge in [-0.25, -0.2) is 0 Å². The molecule has 0 aliphatic carbocycles. The molecule has 6 heteroatoms. The van der Waals surface area contributed by atoms with Crippen LogP contribution in [0.15, 0.2) is 0 Å². The van der Waals surface area contributed by atoms with Crippen molar-refractivity contribution >= 4 is 23.7 Å². The smallest absolute Gasteiger partial charge is 0.0579 e. The summed E-state index contributed by atoms with van der Waals surface area (Å²) in [5, 5.41) is 0. The standard InChI is InChI=1S/2ClHO.2Zn/c2*1-2;;/h2*2H;;. The average Bonchev–Trinajstić information content (AvgIpc) is 1.50. The SMILES string of the molecule is OCl.OCl.[Zn].[Zn]. The van der Waals surface area contributed by atoms with Gasteiger partial charge in [-0.15, -0.1) is 0 Å². The summed E-state index contributed by atoms with van der Waals surface area (Å²) in [6.07, 6.45) is 0. The maximum Gasteiger partial charge on any atom is 0.0579 e. The molecule has 0 aliphatic rings. The zero-order valence-corrected chi connectivity index (χ0v) is 10.5. The fourth-order valence-corrected chi connectivity index (χ4v) is 0. The summed E-state index contributed by atoms with van der Waals surface area (Å²) in [6.45, 7) is 0. The van der Waals surface area contributed by atoms with E-state index in [9.17, 15) is 0 Å². The number of halogens is 2. The number of hydrogen-bond acceptors (Lipinski definition) is 2. The Morgan fingerprint density at radius 3 is 0.667 bits per heavy atom. The largest absolute Gasteiger partial charge is 0.295 e. The van der Waals surface area contributed by atoms with E-state index in [1.54, 1.807) is 0 Å². The van der Waals surface area contributed by atoms with E-state index in [4.69, 9.17) is 9.32 Å². The Balaban J connectivity index is -0.00000000500. The summed E-state index contributed by atoms with van der Waals surface area (Å²) in [5.74, 6) is 0. The molecule has 0 fully saturated rings. The Labute approximate surface area is 71.7 Å². The van der Waals surface area contributed by atoms with Crippen LogP contribution in [0.25, 0.3) is 0 Å². The molecule has 0 aromatic carbocycles. The van der Waals surface area contributed by atoms with Crippen LogP contribution >= 0.6 is 23.7 Å². The van der Waals surface area contributed by atoms with Gasteiger partial charge in [0.25, 0.3) is 0 Å². The minimum atomic E-state index is 0. The molecule has 0 atom stereocenters. The minimum absolute atomic E-state index is 0. The molecule has 0 aliphatic heterocycles. The quantitative estimate of drug-likeness (QED) is 0.592. The summed E-state index contributed by atoms with van der Waals surface area (Å²) in [5.41, 5.74) is 0. The zero-order chi connectivity index (χ0) is 4.00. The summed E-state index contributed by atoms with van der Waals surface area (Å²) in [6, 6.07) is 0. The van der Waals surface area contributed by atoms with Gasteiger partial charge < -0.3 is 0 Å². The van der Waals surface area contributed by atoms with Crippen LogP contribution in [0.5, 0.6) is 0 Å². The van der Waals surface area contributed by atoms with E-state index in [1.807, 2.05) is 0 Å². The maximum atomic E-state index is 6.47. The average molecular weight is 236 g/mol. The van der Waals surface area contributed by atoms with E-state index in [2.05, 4.69) is 23.7 Å². The first-order valence-electron chi connectivity index (χ1n) is 0.338. The molecular formula is H2Cl2O2Zn2. The van der Waals surface area contributed by atoms with E-state index >= 15 is 0 Å². The van der Waals surface area contributed by atoms with Crippen molar-refractivity contribution in [1.29, 1.82) is 0 Å². The molecule has 0 saturated carbocycles. The van der Waals surface area contributed by atoms with Gasteiger partial charge in [-0.2, -0.15) is 0 Å². The topological polar surface area (TPSA) is 40.5 Å². The first-order valence-corrected chi connectivity index (χ1v) is 1.01. The van der Waals surface area contributed by atoms with Crippen molar-refractivity contribution in [3.8, 4) is 0 Å². The monoisotopic (exact) mass is 232 g/mol. The van der Waals surface area contributed by atoms with Crippen molar-refractivity contribution in [3.05, 3.63) is 0 Å². The van der Waals surface area contributed by atoms with Gasteiger partial charge in [0, 0.05) is 39.0 Å². The van der Waals surface area contributed by atoms with Gasteiger partial charge in [-0.3, -0.25) is 9.32 Å². The molecule has 0 aromatic heterocycles. The Morgan fingerprint density at radius 1 is 0.667 bits per heavy atom. The van der Waals surface area contributed by atoms with Gasteiger partial charge in [0.15, 0.2) is 0 Å². The van der Waals surface area contributed by atoms with E-state index in [0.29, 0.717) is 0 Å². The normalized spacial score (nSPS) is 2.00. The van der Waals surface area contributed by atoms with Crippen molar-refractivity contribution in [2.45, 2.75) is 0 Å². The Kier molecular flexibility index (Phi) is 306. The van der Waals surface area contributed by atoms with Crippen LogP contribution in [0.4, 0.5) is 0 Å². The predicted octanol–water partition coefficient (Wildman–Crippen LogP) is 0.260. The van der Waals surface area contributed by atoms with Crippen molar-refractivity contribution < 1.29 is 48.3 Å². The molecule has 6 heavy (non-hydrogen) atoms.